The van der Waals surface area contributed by atoms with Gasteiger partial charge in [-0.3, -0.25) is 9.78 Å². The van der Waals surface area contributed by atoms with E-state index in [2.05, 4.69) is 20.6 Å². The number of aromatic nitrogens is 2. The summed E-state index contributed by atoms with van der Waals surface area (Å²) in [5, 5.41) is 6.01. The minimum Gasteiger partial charge on any atom is -0.497 e. The molecule has 0 atom stereocenters. The smallest absolute Gasteiger partial charge is 0.270 e. The Balaban J connectivity index is 1.66. The second-order valence-corrected chi connectivity index (χ2v) is 5.63. The van der Waals surface area contributed by atoms with Crippen LogP contribution in [0.1, 0.15) is 16.2 Å². The number of rotatable bonds is 7. The Morgan fingerprint density at radius 1 is 1.04 bits per heavy atom. The van der Waals surface area contributed by atoms with Crippen molar-refractivity contribution in [2.45, 2.75) is 6.54 Å². The van der Waals surface area contributed by atoms with E-state index in [9.17, 15) is 4.79 Å². The third-order valence-electron chi connectivity index (χ3n) is 3.84. The number of ether oxygens (including phenoxy) is 2. The molecule has 138 valence electrons. The molecule has 0 bridgehead atoms. The molecular formula is C20H20N4O3. The summed E-state index contributed by atoms with van der Waals surface area (Å²) in [6, 6.07) is 14.4. The summed E-state index contributed by atoms with van der Waals surface area (Å²) in [5.41, 5.74) is 2.58. The maximum absolute atomic E-state index is 12.2. The number of carbonyl (C=O) groups excluding carboxylic acids is 1. The number of hydrogen-bond acceptors (Lipinski definition) is 6. The molecule has 2 aromatic heterocycles. The normalized spacial score (nSPS) is 10.1. The summed E-state index contributed by atoms with van der Waals surface area (Å²) >= 11 is 0. The number of anilines is 2. The molecule has 7 heteroatoms. The SMILES string of the molecule is COc1ccc(OC)c(Nc2ccc(C(=O)NCc3ccccn3)nc2)c1. The van der Waals surface area contributed by atoms with Crippen LogP contribution in [0.25, 0.3) is 0 Å². The predicted octanol–water partition coefficient (Wildman–Crippen LogP) is 3.17. The van der Waals surface area contributed by atoms with Crippen LogP contribution in [0, 0.1) is 0 Å². The van der Waals surface area contributed by atoms with E-state index in [1.807, 2.05) is 36.4 Å². The van der Waals surface area contributed by atoms with E-state index in [0.29, 0.717) is 23.7 Å². The Hall–Kier alpha value is -3.61. The van der Waals surface area contributed by atoms with E-state index in [1.165, 1.54) is 0 Å². The molecule has 0 spiro atoms. The number of methoxy groups -OCH3 is 2. The van der Waals surface area contributed by atoms with Crippen molar-refractivity contribution in [3.05, 3.63) is 72.3 Å². The first-order valence-electron chi connectivity index (χ1n) is 8.33. The van der Waals surface area contributed by atoms with E-state index in [0.717, 1.165) is 17.1 Å². The molecule has 3 aromatic rings. The Kier molecular flexibility index (Phi) is 5.84. The third-order valence-corrected chi connectivity index (χ3v) is 3.84. The highest BCUT2D eigenvalue weighted by molar-refractivity contribution is 5.92. The number of hydrogen-bond donors (Lipinski definition) is 2. The zero-order valence-electron chi connectivity index (χ0n) is 15.1. The summed E-state index contributed by atoms with van der Waals surface area (Å²) in [7, 11) is 3.20. The molecule has 0 fully saturated rings. The van der Waals surface area contributed by atoms with Gasteiger partial charge in [0.05, 0.1) is 44.0 Å². The van der Waals surface area contributed by atoms with Gasteiger partial charge in [0.25, 0.3) is 5.91 Å². The van der Waals surface area contributed by atoms with Gasteiger partial charge in [-0.1, -0.05) is 6.07 Å². The fourth-order valence-corrected chi connectivity index (χ4v) is 2.43. The van der Waals surface area contributed by atoms with Crippen LogP contribution in [-0.2, 0) is 6.54 Å². The van der Waals surface area contributed by atoms with Crippen molar-refractivity contribution < 1.29 is 14.3 Å². The number of nitrogens with zero attached hydrogens (tertiary/aromatic N) is 2. The van der Waals surface area contributed by atoms with E-state index in [-0.39, 0.29) is 5.91 Å². The molecule has 0 saturated carbocycles. The van der Waals surface area contributed by atoms with Gasteiger partial charge in [0.2, 0.25) is 0 Å². The Morgan fingerprint density at radius 2 is 1.93 bits per heavy atom. The molecule has 1 amide bonds. The molecule has 0 aliphatic carbocycles. The molecule has 0 aliphatic heterocycles. The van der Waals surface area contributed by atoms with Gasteiger partial charge in [-0.2, -0.15) is 0 Å². The highest BCUT2D eigenvalue weighted by Crippen LogP contribution is 2.31. The number of carbonyl (C=O) groups is 1. The van der Waals surface area contributed by atoms with Crippen molar-refractivity contribution in [1.29, 1.82) is 0 Å². The van der Waals surface area contributed by atoms with Crippen molar-refractivity contribution >= 4 is 17.3 Å². The minimum atomic E-state index is -0.258. The monoisotopic (exact) mass is 364 g/mol. The molecule has 0 unspecified atom stereocenters. The van der Waals surface area contributed by atoms with E-state index < -0.39 is 0 Å². The molecule has 2 N–H and O–H groups in total. The minimum absolute atomic E-state index is 0.258. The van der Waals surface area contributed by atoms with E-state index >= 15 is 0 Å². The lowest BCUT2D eigenvalue weighted by Crippen LogP contribution is -2.24. The maximum atomic E-state index is 12.2. The van der Waals surface area contributed by atoms with Gasteiger partial charge in [0, 0.05) is 12.3 Å². The Labute approximate surface area is 157 Å². The van der Waals surface area contributed by atoms with Crippen LogP contribution < -0.4 is 20.1 Å². The number of amides is 1. The lowest BCUT2D eigenvalue weighted by atomic mass is 10.2. The molecule has 7 nitrogen and oxygen atoms in total. The first-order valence-corrected chi connectivity index (χ1v) is 8.33. The van der Waals surface area contributed by atoms with Crippen LogP contribution in [0.5, 0.6) is 11.5 Å². The van der Waals surface area contributed by atoms with Crippen LogP contribution in [-0.4, -0.2) is 30.1 Å². The van der Waals surface area contributed by atoms with Crippen LogP contribution in [0.4, 0.5) is 11.4 Å². The van der Waals surface area contributed by atoms with Crippen LogP contribution in [0.15, 0.2) is 60.9 Å². The Bertz CT molecular complexity index is 899. The third kappa shape index (κ3) is 4.72. The van der Waals surface area contributed by atoms with E-state index in [1.54, 1.807) is 38.7 Å². The zero-order chi connectivity index (χ0) is 19.1. The number of benzene rings is 1. The first-order chi connectivity index (χ1) is 13.2. The largest absolute Gasteiger partial charge is 0.497 e. The summed E-state index contributed by atoms with van der Waals surface area (Å²) in [6.45, 7) is 0.350. The average molecular weight is 364 g/mol. The average Bonchev–Trinajstić information content (AvgIpc) is 2.73. The van der Waals surface area contributed by atoms with E-state index in [4.69, 9.17) is 9.47 Å². The fourth-order valence-electron chi connectivity index (χ4n) is 2.43. The van der Waals surface area contributed by atoms with Gasteiger partial charge >= 0.3 is 0 Å². The lowest BCUT2D eigenvalue weighted by molar-refractivity contribution is 0.0945. The lowest BCUT2D eigenvalue weighted by Gasteiger charge is -2.12. The van der Waals surface area contributed by atoms with Gasteiger partial charge in [-0.15, -0.1) is 0 Å². The molecular weight excluding hydrogens is 344 g/mol. The topological polar surface area (TPSA) is 85.4 Å². The summed E-state index contributed by atoms with van der Waals surface area (Å²) in [4.78, 5) is 20.6. The second kappa shape index (κ2) is 8.66. The van der Waals surface area contributed by atoms with Gasteiger partial charge in [-0.05, 0) is 36.4 Å². The molecule has 3 rings (SSSR count). The summed E-state index contributed by atoms with van der Waals surface area (Å²) < 4.78 is 10.6. The number of pyridine rings is 2. The van der Waals surface area contributed by atoms with Crippen molar-refractivity contribution in [3.8, 4) is 11.5 Å². The maximum Gasteiger partial charge on any atom is 0.270 e. The quantitative estimate of drug-likeness (QED) is 0.670. The standard InChI is InChI=1S/C20H20N4O3/c1-26-16-7-9-19(27-2)18(11-16)24-15-6-8-17(22-13-15)20(25)23-12-14-5-3-4-10-21-14/h3-11,13,24H,12H2,1-2H3,(H,23,25). The van der Waals surface area contributed by atoms with Crippen molar-refractivity contribution in [2.75, 3.05) is 19.5 Å². The second-order valence-electron chi connectivity index (χ2n) is 5.63. The van der Waals surface area contributed by atoms with Gasteiger partial charge < -0.3 is 20.1 Å². The van der Waals surface area contributed by atoms with Crippen molar-refractivity contribution in [1.82, 2.24) is 15.3 Å². The fraction of sp³-hybridized carbons (Fsp3) is 0.150. The summed E-state index contributed by atoms with van der Waals surface area (Å²) in [6.07, 6.45) is 3.28. The molecule has 2 heterocycles. The highest BCUT2D eigenvalue weighted by Gasteiger charge is 2.09. The number of nitrogens with one attached hydrogen (secondary N) is 2. The predicted molar refractivity (Wildman–Crippen MR) is 102 cm³/mol. The van der Waals surface area contributed by atoms with Crippen LogP contribution >= 0.6 is 0 Å². The highest BCUT2D eigenvalue weighted by atomic mass is 16.5. The molecule has 0 radical (unpaired) electrons. The van der Waals surface area contributed by atoms with Crippen molar-refractivity contribution in [3.63, 3.8) is 0 Å². The first kappa shape index (κ1) is 18.2. The van der Waals surface area contributed by atoms with Gasteiger partial charge in [0.1, 0.15) is 17.2 Å². The molecule has 27 heavy (non-hydrogen) atoms. The van der Waals surface area contributed by atoms with Gasteiger partial charge in [0.15, 0.2) is 0 Å². The van der Waals surface area contributed by atoms with Crippen LogP contribution in [0.3, 0.4) is 0 Å². The van der Waals surface area contributed by atoms with Crippen molar-refractivity contribution in [2.24, 2.45) is 0 Å². The summed E-state index contributed by atoms with van der Waals surface area (Å²) in [5.74, 6) is 1.12. The molecule has 0 aliphatic rings. The van der Waals surface area contributed by atoms with Crippen LogP contribution in [0.2, 0.25) is 0 Å². The Morgan fingerprint density at radius 3 is 2.59 bits per heavy atom. The molecule has 1 aromatic carbocycles. The molecule has 0 saturated heterocycles. The van der Waals surface area contributed by atoms with Gasteiger partial charge in [-0.25, -0.2) is 4.98 Å². The zero-order valence-corrected chi connectivity index (χ0v) is 15.1.